The SMILES string of the molecule is COc1ccc(Cl)cc1/C(=N\C(C)C)c1ccccc1F. The van der Waals surface area contributed by atoms with Gasteiger partial charge >= 0.3 is 0 Å². The predicted octanol–water partition coefficient (Wildman–Crippen LogP) is 4.73. The zero-order valence-electron chi connectivity index (χ0n) is 12.2. The summed E-state index contributed by atoms with van der Waals surface area (Å²) in [5.74, 6) is 0.293. The second-order valence-corrected chi connectivity index (χ2v) is 5.33. The average molecular weight is 306 g/mol. The quantitative estimate of drug-likeness (QED) is 0.748. The van der Waals surface area contributed by atoms with Crippen molar-refractivity contribution in [2.24, 2.45) is 4.99 Å². The van der Waals surface area contributed by atoms with Crippen molar-refractivity contribution in [1.29, 1.82) is 0 Å². The number of aliphatic imine (C=N–C) groups is 1. The van der Waals surface area contributed by atoms with E-state index in [-0.39, 0.29) is 11.9 Å². The molecule has 2 nitrogen and oxygen atoms in total. The number of hydrogen-bond acceptors (Lipinski definition) is 2. The summed E-state index contributed by atoms with van der Waals surface area (Å²) in [6.45, 7) is 3.88. The van der Waals surface area contributed by atoms with Crippen molar-refractivity contribution < 1.29 is 9.13 Å². The van der Waals surface area contributed by atoms with E-state index in [2.05, 4.69) is 4.99 Å². The number of ether oxygens (including phenoxy) is 1. The Morgan fingerprint density at radius 1 is 1.14 bits per heavy atom. The van der Waals surface area contributed by atoms with Crippen LogP contribution in [-0.4, -0.2) is 18.9 Å². The molecule has 0 aliphatic rings. The lowest BCUT2D eigenvalue weighted by Gasteiger charge is -2.14. The Morgan fingerprint density at radius 3 is 2.48 bits per heavy atom. The molecular weight excluding hydrogens is 289 g/mol. The maximum absolute atomic E-state index is 14.2. The van der Waals surface area contributed by atoms with Gasteiger partial charge in [-0.1, -0.05) is 23.7 Å². The minimum atomic E-state index is -0.320. The number of nitrogens with zero attached hydrogens (tertiary/aromatic N) is 1. The van der Waals surface area contributed by atoms with E-state index >= 15 is 0 Å². The summed E-state index contributed by atoms with van der Waals surface area (Å²) in [4.78, 5) is 4.57. The van der Waals surface area contributed by atoms with Crippen LogP contribution in [0.3, 0.4) is 0 Å². The zero-order chi connectivity index (χ0) is 15.4. The number of halogens is 2. The van der Waals surface area contributed by atoms with Gasteiger partial charge in [-0.05, 0) is 44.2 Å². The van der Waals surface area contributed by atoms with Gasteiger partial charge < -0.3 is 4.74 Å². The third-order valence-corrected chi connectivity index (χ3v) is 3.17. The number of methoxy groups -OCH3 is 1. The molecule has 21 heavy (non-hydrogen) atoms. The van der Waals surface area contributed by atoms with Crippen LogP contribution in [0.25, 0.3) is 0 Å². The van der Waals surface area contributed by atoms with E-state index in [4.69, 9.17) is 16.3 Å². The van der Waals surface area contributed by atoms with Gasteiger partial charge in [0, 0.05) is 22.2 Å². The molecule has 110 valence electrons. The first-order valence-electron chi connectivity index (χ1n) is 6.69. The highest BCUT2D eigenvalue weighted by atomic mass is 35.5. The summed E-state index contributed by atoms with van der Waals surface area (Å²) < 4.78 is 19.5. The lowest BCUT2D eigenvalue weighted by molar-refractivity contribution is 0.414. The first-order chi connectivity index (χ1) is 10.0. The topological polar surface area (TPSA) is 21.6 Å². The molecule has 0 aromatic heterocycles. The molecule has 4 heteroatoms. The molecule has 0 heterocycles. The third kappa shape index (κ3) is 3.61. The molecule has 2 rings (SSSR count). The van der Waals surface area contributed by atoms with Crippen LogP contribution in [0.15, 0.2) is 47.5 Å². The standard InChI is InChI=1S/C17H17ClFNO/c1-11(2)20-17(13-6-4-5-7-15(13)19)14-10-12(18)8-9-16(14)21-3/h4-11H,1-3H3/b20-17-. The van der Waals surface area contributed by atoms with Gasteiger partial charge in [0.1, 0.15) is 11.6 Å². The van der Waals surface area contributed by atoms with Crippen molar-refractivity contribution in [3.8, 4) is 5.75 Å². The summed E-state index contributed by atoms with van der Waals surface area (Å²) in [5.41, 5.74) is 1.66. The Bertz CT molecular complexity index is 668. The van der Waals surface area contributed by atoms with E-state index in [0.29, 0.717) is 27.6 Å². The number of benzene rings is 2. The maximum atomic E-state index is 14.2. The van der Waals surface area contributed by atoms with Crippen molar-refractivity contribution in [2.75, 3.05) is 7.11 Å². The van der Waals surface area contributed by atoms with E-state index in [9.17, 15) is 4.39 Å². The van der Waals surface area contributed by atoms with Crippen LogP contribution in [0.2, 0.25) is 5.02 Å². The second-order valence-electron chi connectivity index (χ2n) is 4.90. The molecule has 0 atom stereocenters. The van der Waals surface area contributed by atoms with Gasteiger partial charge in [-0.2, -0.15) is 0 Å². The van der Waals surface area contributed by atoms with Crippen molar-refractivity contribution >= 4 is 17.3 Å². The van der Waals surface area contributed by atoms with Crippen LogP contribution in [0.4, 0.5) is 4.39 Å². The summed E-state index contributed by atoms with van der Waals surface area (Å²) in [6, 6.07) is 11.8. The van der Waals surface area contributed by atoms with Crippen LogP contribution >= 0.6 is 11.6 Å². The molecule has 0 aliphatic heterocycles. The van der Waals surface area contributed by atoms with E-state index in [1.54, 1.807) is 43.5 Å². The van der Waals surface area contributed by atoms with Crippen molar-refractivity contribution in [2.45, 2.75) is 19.9 Å². The normalized spacial score (nSPS) is 11.8. The average Bonchev–Trinajstić information content (AvgIpc) is 2.45. The van der Waals surface area contributed by atoms with Gasteiger partial charge in [0.15, 0.2) is 0 Å². The van der Waals surface area contributed by atoms with E-state index in [1.807, 2.05) is 13.8 Å². The maximum Gasteiger partial charge on any atom is 0.132 e. The van der Waals surface area contributed by atoms with Gasteiger partial charge in [-0.3, -0.25) is 4.99 Å². The molecule has 0 spiro atoms. The van der Waals surface area contributed by atoms with Crippen LogP contribution in [0.5, 0.6) is 5.75 Å². The fourth-order valence-electron chi connectivity index (χ4n) is 2.06. The highest BCUT2D eigenvalue weighted by Gasteiger charge is 2.17. The molecule has 0 radical (unpaired) electrons. The Kier molecular flexibility index (Phi) is 4.97. The van der Waals surface area contributed by atoms with Gasteiger partial charge in [0.25, 0.3) is 0 Å². The Hall–Kier alpha value is -1.87. The molecule has 0 N–H and O–H groups in total. The van der Waals surface area contributed by atoms with Crippen molar-refractivity contribution in [3.63, 3.8) is 0 Å². The monoisotopic (exact) mass is 305 g/mol. The summed E-state index contributed by atoms with van der Waals surface area (Å²) >= 11 is 6.08. The van der Waals surface area contributed by atoms with Crippen LogP contribution < -0.4 is 4.74 Å². The first-order valence-corrected chi connectivity index (χ1v) is 7.07. The predicted molar refractivity (Wildman–Crippen MR) is 85.2 cm³/mol. The van der Waals surface area contributed by atoms with Gasteiger partial charge in [0.2, 0.25) is 0 Å². The lowest BCUT2D eigenvalue weighted by atomic mass is 10.0. The Labute approximate surface area is 129 Å². The second kappa shape index (κ2) is 6.72. The summed E-state index contributed by atoms with van der Waals surface area (Å²) in [5, 5.41) is 0.554. The molecule has 0 fully saturated rings. The van der Waals surface area contributed by atoms with Crippen LogP contribution in [-0.2, 0) is 0 Å². The molecule has 2 aromatic carbocycles. The minimum Gasteiger partial charge on any atom is -0.496 e. The number of hydrogen-bond donors (Lipinski definition) is 0. The fraction of sp³-hybridized carbons (Fsp3) is 0.235. The Balaban J connectivity index is 2.68. The van der Waals surface area contributed by atoms with Gasteiger partial charge in [-0.25, -0.2) is 4.39 Å². The first kappa shape index (κ1) is 15.5. The largest absolute Gasteiger partial charge is 0.496 e. The zero-order valence-corrected chi connectivity index (χ0v) is 13.0. The third-order valence-electron chi connectivity index (χ3n) is 2.93. The number of rotatable bonds is 4. The fourth-order valence-corrected chi connectivity index (χ4v) is 2.23. The lowest BCUT2D eigenvalue weighted by Crippen LogP contribution is -2.11. The highest BCUT2D eigenvalue weighted by Crippen LogP contribution is 2.27. The molecule has 0 bridgehead atoms. The van der Waals surface area contributed by atoms with Crippen molar-refractivity contribution in [3.05, 3.63) is 64.4 Å². The molecule has 0 aliphatic carbocycles. The summed E-state index contributed by atoms with van der Waals surface area (Å²) in [6.07, 6.45) is 0. The van der Waals surface area contributed by atoms with Crippen molar-refractivity contribution in [1.82, 2.24) is 0 Å². The molecular formula is C17H17ClFNO. The van der Waals surface area contributed by atoms with Gasteiger partial charge in [-0.15, -0.1) is 0 Å². The molecule has 0 saturated carbocycles. The molecule has 0 amide bonds. The molecule has 0 saturated heterocycles. The molecule has 2 aromatic rings. The summed E-state index contributed by atoms with van der Waals surface area (Å²) in [7, 11) is 1.57. The smallest absolute Gasteiger partial charge is 0.132 e. The van der Waals surface area contributed by atoms with E-state index in [1.165, 1.54) is 6.07 Å². The highest BCUT2D eigenvalue weighted by molar-refractivity contribution is 6.31. The Morgan fingerprint density at radius 2 is 1.86 bits per heavy atom. The van der Waals surface area contributed by atoms with E-state index < -0.39 is 0 Å². The van der Waals surface area contributed by atoms with Crippen LogP contribution in [0, 0.1) is 5.82 Å². The minimum absolute atomic E-state index is 0.0169. The molecule has 0 unspecified atom stereocenters. The van der Waals surface area contributed by atoms with Crippen LogP contribution in [0.1, 0.15) is 25.0 Å². The van der Waals surface area contributed by atoms with Gasteiger partial charge in [0.05, 0.1) is 12.8 Å². The van der Waals surface area contributed by atoms with E-state index in [0.717, 1.165) is 0 Å².